The van der Waals surface area contributed by atoms with Crippen LogP contribution in [0.4, 0.5) is 5.69 Å². The van der Waals surface area contributed by atoms with E-state index in [4.69, 9.17) is 21.6 Å². The van der Waals surface area contributed by atoms with Crippen molar-refractivity contribution in [2.24, 2.45) is 0 Å². The highest BCUT2D eigenvalue weighted by Crippen LogP contribution is 2.27. The zero-order valence-electron chi connectivity index (χ0n) is 13.8. The molecular weight excluding hydrogens is 338 g/mol. The van der Waals surface area contributed by atoms with Crippen LogP contribution < -0.4 is 15.4 Å². The van der Waals surface area contributed by atoms with Crippen LogP contribution in [-0.2, 0) is 11.2 Å². The molecule has 2 aromatic rings. The zero-order chi connectivity index (χ0) is 18.1. The van der Waals surface area contributed by atoms with Gasteiger partial charge >= 0.3 is 0 Å². The Morgan fingerprint density at radius 2 is 2.04 bits per heavy atom. The lowest BCUT2D eigenvalue weighted by molar-refractivity contribution is -0.117. The van der Waals surface area contributed by atoms with Crippen molar-refractivity contribution in [3.63, 3.8) is 0 Å². The lowest BCUT2D eigenvalue weighted by atomic mass is 10.1. The van der Waals surface area contributed by atoms with Gasteiger partial charge in [-0.3, -0.25) is 4.79 Å². The summed E-state index contributed by atoms with van der Waals surface area (Å²) in [6, 6.07) is 16.8. The minimum Gasteiger partial charge on any atom is -0.495 e. The molecule has 2 N–H and O–H groups in total. The van der Waals surface area contributed by atoms with Gasteiger partial charge in [0.15, 0.2) is 0 Å². The quantitative estimate of drug-likeness (QED) is 0.588. The van der Waals surface area contributed by atoms with Crippen molar-refractivity contribution in [1.82, 2.24) is 5.32 Å². The van der Waals surface area contributed by atoms with Gasteiger partial charge in [0.2, 0.25) is 0 Å². The summed E-state index contributed by atoms with van der Waals surface area (Å²) >= 11 is 6.04. The Kier molecular flexibility index (Phi) is 6.87. The number of nitrogens with one attached hydrogen (secondary N) is 2. The molecule has 0 spiro atoms. The molecule has 0 radical (unpaired) electrons. The van der Waals surface area contributed by atoms with Gasteiger partial charge in [0, 0.05) is 18.4 Å². The smallest absolute Gasteiger partial charge is 0.263 e. The zero-order valence-corrected chi connectivity index (χ0v) is 14.5. The van der Waals surface area contributed by atoms with E-state index in [9.17, 15) is 4.79 Å². The Bertz CT molecular complexity index is 798. The first-order valence-corrected chi connectivity index (χ1v) is 8.04. The van der Waals surface area contributed by atoms with E-state index in [0.717, 1.165) is 5.56 Å². The topological polar surface area (TPSA) is 74.1 Å². The van der Waals surface area contributed by atoms with Gasteiger partial charge in [-0.05, 0) is 30.2 Å². The van der Waals surface area contributed by atoms with E-state index in [2.05, 4.69) is 10.6 Å². The fraction of sp³-hybridized carbons (Fsp3) is 0.158. The first kappa shape index (κ1) is 18.4. The number of anilines is 1. The number of amides is 1. The Labute approximate surface area is 151 Å². The Balaban J connectivity index is 1.91. The van der Waals surface area contributed by atoms with Crippen molar-refractivity contribution in [1.29, 1.82) is 5.26 Å². The largest absolute Gasteiger partial charge is 0.495 e. The molecule has 0 fully saturated rings. The molecule has 25 heavy (non-hydrogen) atoms. The van der Waals surface area contributed by atoms with Gasteiger partial charge in [-0.1, -0.05) is 41.9 Å². The van der Waals surface area contributed by atoms with Gasteiger partial charge in [0.1, 0.15) is 17.4 Å². The van der Waals surface area contributed by atoms with Gasteiger partial charge in [-0.15, -0.1) is 0 Å². The van der Waals surface area contributed by atoms with Crippen LogP contribution in [0.15, 0.2) is 60.3 Å². The number of benzene rings is 2. The molecule has 5 nitrogen and oxygen atoms in total. The van der Waals surface area contributed by atoms with Crippen LogP contribution in [0.2, 0.25) is 5.02 Å². The number of rotatable bonds is 7. The molecule has 2 aromatic carbocycles. The molecule has 0 atom stereocenters. The van der Waals surface area contributed by atoms with E-state index in [1.54, 1.807) is 18.2 Å². The molecule has 0 unspecified atom stereocenters. The van der Waals surface area contributed by atoms with Crippen molar-refractivity contribution < 1.29 is 9.53 Å². The van der Waals surface area contributed by atoms with E-state index < -0.39 is 5.91 Å². The monoisotopic (exact) mass is 355 g/mol. The summed E-state index contributed by atoms with van der Waals surface area (Å²) in [4.78, 5) is 12.1. The van der Waals surface area contributed by atoms with Gasteiger partial charge in [-0.2, -0.15) is 5.26 Å². The van der Waals surface area contributed by atoms with Gasteiger partial charge in [-0.25, -0.2) is 0 Å². The summed E-state index contributed by atoms with van der Waals surface area (Å²) in [5.74, 6) is 0.126. The number of nitrogens with zero attached hydrogens (tertiary/aromatic N) is 1. The second-order valence-electron chi connectivity index (χ2n) is 5.15. The first-order valence-electron chi connectivity index (χ1n) is 7.66. The van der Waals surface area contributed by atoms with Crippen molar-refractivity contribution in [3.8, 4) is 11.8 Å². The normalized spacial score (nSPS) is 10.7. The van der Waals surface area contributed by atoms with Crippen LogP contribution in [0.25, 0.3) is 0 Å². The fourth-order valence-electron chi connectivity index (χ4n) is 2.12. The molecule has 0 bridgehead atoms. The maximum atomic E-state index is 12.1. The Morgan fingerprint density at radius 3 is 2.68 bits per heavy atom. The van der Waals surface area contributed by atoms with Crippen molar-refractivity contribution in [3.05, 3.63) is 70.9 Å². The molecule has 128 valence electrons. The van der Waals surface area contributed by atoms with Gasteiger partial charge < -0.3 is 15.4 Å². The average molecular weight is 356 g/mol. The molecule has 2 rings (SSSR count). The number of methoxy groups -OCH3 is 1. The van der Waals surface area contributed by atoms with Crippen molar-refractivity contribution in [2.75, 3.05) is 19.0 Å². The van der Waals surface area contributed by atoms with Crippen LogP contribution in [0, 0.1) is 11.3 Å². The lowest BCUT2D eigenvalue weighted by Crippen LogP contribution is -2.27. The summed E-state index contributed by atoms with van der Waals surface area (Å²) < 4.78 is 5.07. The molecule has 0 saturated carbocycles. The Morgan fingerprint density at radius 1 is 1.28 bits per heavy atom. The number of hydrogen-bond donors (Lipinski definition) is 2. The molecular formula is C19H18ClN3O2. The minimum absolute atomic E-state index is 0.0139. The predicted molar refractivity (Wildman–Crippen MR) is 98.5 cm³/mol. The van der Waals surface area contributed by atoms with Crippen molar-refractivity contribution >= 4 is 23.2 Å². The molecule has 0 aromatic heterocycles. The highest BCUT2D eigenvalue weighted by Gasteiger charge is 2.08. The second kappa shape index (κ2) is 9.36. The molecule has 0 aliphatic rings. The fourth-order valence-corrected chi connectivity index (χ4v) is 2.38. The standard InChI is InChI=1S/C19H18ClN3O2/c1-25-18-8-7-16(11-17(18)20)23-13-15(12-21)19(24)22-10-9-14-5-3-2-4-6-14/h2-8,11,13,23H,9-10H2,1H3,(H,22,24)/b15-13-. The van der Waals surface area contributed by atoms with Crippen LogP contribution in [0.5, 0.6) is 5.75 Å². The molecule has 0 aliphatic carbocycles. The highest BCUT2D eigenvalue weighted by atomic mass is 35.5. The molecule has 1 amide bonds. The molecule has 0 aliphatic heterocycles. The number of carbonyl (C=O) groups excluding carboxylic acids is 1. The van der Waals surface area contributed by atoms with E-state index in [0.29, 0.717) is 29.4 Å². The van der Waals surface area contributed by atoms with E-state index in [1.165, 1.54) is 13.3 Å². The van der Waals surface area contributed by atoms with Gasteiger partial charge in [0.05, 0.1) is 12.1 Å². The summed E-state index contributed by atoms with van der Waals surface area (Å²) in [5.41, 5.74) is 1.76. The number of hydrogen-bond acceptors (Lipinski definition) is 4. The first-order chi connectivity index (χ1) is 12.1. The summed E-state index contributed by atoms with van der Waals surface area (Å²) in [6.45, 7) is 0.455. The SMILES string of the molecule is COc1ccc(N/C=C(/C#N)C(=O)NCCc2ccccc2)cc1Cl. The third kappa shape index (κ3) is 5.55. The maximum absolute atomic E-state index is 12.1. The van der Waals surface area contributed by atoms with Crippen LogP contribution in [0.1, 0.15) is 5.56 Å². The summed E-state index contributed by atoms with van der Waals surface area (Å²) in [6.07, 6.45) is 2.06. The number of ether oxygens (including phenoxy) is 1. The number of halogens is 1. The minimum atomic E-state index is -0.425. The van der Waals surface area contributed by atoms with E-state index in [-0.39, 0.29) is 5.57 Å². The second-order valence-corrected chi connectivity index (χ2v) is 5.56. The van der Waals surface area contributed by atoms with E-state index >= 15 is 0 Å². The summed E-state index contributed by atoms with van der Waals surface area (Å²) in [7, 11) is 1.53. The number of carbonyl (C=O) groups is 1. The molecule has 0 saturated heterocycles. The lowest BCUT2D eigenvalue weighted by Gasteiger charge is -2.07. The highest BCUT2D eigenvalue weighted by molar-refractivity contribution is 6.32. The van der Waals surface area contributed by atoms with Crippen LogP contribution in [0.3, 0.4) is 0 Å². The summed E-state index contributed by atoms with van der Waals surface area (Å²) in [5, 5.41) is 15.2. The van der Waals surface area contributed by atoms with Crippen molar-refractivity contribution in [2.45, 2.75) is 6.42 Å². The average Bonchev–Trinajstić information content (AvgIpc) is 2.63. The van der Waals surface area contributed by atoms with Gasteiger partial charge in [0.25, 0.3) is 5.91 Å². The predicted octanol–water partition coefficient (Wildman–Crippen LogP) is 3.53. The third-order valence-corrected chi connectivity index (χ3v) is 3.74. The molecule has 0 heterocycles. The Hall–Kier alpha value is -2.97. The van der Waals surface area contributed by atoms with Crippen LogP contribution in [-0.4, -0.2) is 19.6 Å². The maximum Gasteiger partial charge on any atom is 0.263 e. The van der Waals surface area contributed by atoms with Crippen LogP contribution >= 0.6 is 11.6 Å². The van der Waals surface area contributed by atoms with E-state index in [1.807, 2.05) is 36.4 Å². The molecule has 6 heteroatoms. The third-order valence-electron chi connectivity index (χ3n) is 3.44. The number of nitriles is 1.